The summed E-state index contributed by atoms with van der Waals surface area (Å²) in [6.07, 6.45) is 3.26. The predicted octanol–water partition coefficient (Wildman–Crippen LogP) is 3.36. The monoisotopic (exact) mass is 422 g/mol. The van der Waals surface area contributed by atoms with Crippen LogP contribution in [0.3, 0.4) is 0 Å². The number of amides is 2. The molecular formula is C25H30N2O4. The number of nitrogens with zero attached hydrogens (tertiary/aromatic N) is 1. The van der Waals surface area contributed by atoms with Gasteiger partial charge in [0, 0.05) is 19.5 Å². The summed E-state index contributed by atoms with van der Waals surface area (Å²) in [7, 11) is 3.22. The molecule has 31 heavy (non-hydrogen) atoms. The molecule has 164 valence electrons. The molecule has 2 aromatic carbocycles. The van der Waals surface area contributed by atoms with Crippen LogP contribution in [0.15, 0.2) is 48.5 Å². The minimum atomic E-state index is -0.289. The van der Waals surface area contributed by atoms with Crippen LogP contribution in [0.2, 0.25) is 0 Å². The fraction of sp³-hybridized carbons (Fsp3) is 0.440. The van der Waals surface area contributed by atoms with E-state index in [0.29, 0.717) is 36.9 Å². The summed E-state index contributed by atoms with van der Waals surface area (Å²) in [5.74, 6) is 1.61. The summed E-state index contributed by atoms with van der Waals surface area (Å²) < 4.78 is 10.6. The summed E-state index contributed by atoms with van der Waals surface area (Å²) in [6.45, 7) is 1.06. The van der Waals surface area contributed by atoms with Crippen LogP contribution in [-0.2, 0) is 16.0 Å². The summed E-state index contributed by atoms with van der Waals surface area (Å²) in [4.78, 5) is 27.3. The molecule has 6 heteroatoms. The van der Waals surface area contributed by atoms with Gasteiger partial charge in [-0.05, 0) is 48.4 Å². The first kappa shape index (κ1) is 21.2. The van der Waals surface area contributed by atoms with Gasteiger partial charge in [0.15, 0.2) is 11.5 Å². The van der Waals surface area contributed by atoms with Crippen LogP contribution < -0.4 is 14.8 Å². The van der Waals surface area contributed by atoms with Gasteiger partial charge in [0.05, 0.1) is 26.2 Å². The zero-order chi connectivity index (χ0) is 21.8. The van der Waals surface area contributed by atoms with Crippen molar-refractivity contribution in [2.75, 3.05) is 27.3 Å². The lowest BCUT2D eigenvalue weighted by atomic mass is 10.0. The van der Waals surface area contributed by atoms with Gasteiger partial charge in [0.1, 0.15) is 0 Å². The molecule has 0 bridgehead atoms. The first-order valence-electron chi connectivity index (χ1n) is 10.9. The maximum Gasteiger partial charge on any atom is 0.225 e. The van der Waals surface area contributed by atoms with Crippen molar-refractivity contribution in [2.45, 2.75) is 31.7 Å². The van der Waals surface area contributed by atoms with Gasteiger partial charge in [0.25, 0.3) is 0 Å². The van der Waals surface area contributed by atoms with Crippen LogP contribution in [-0.4, -0.2) is 44.0 Å². The van der Waals surface area contributed by atoms with Crippen molar-refractivity contribution in [3.63, 3.8) is 0 Å². The van der Waals surface area contributed by atoms with Crippen LogP contribution in [0, 0.1) is 11.8 Å². The lowest BCUT2D eigenvalue weighted by Gasteiger charge is -2.21. The van der Waals surface area contributed by atoms with Gasteiger partial charge >= 0.3 is 0 Å². The highest BCUT2D eigenvalue weighted by Gasteiger charge is 2.38. The Kier molecular flexibility index (Phi) is 6.44. The summed E-state index contributed by atoms with van der Waals surface area (Å²) >= 11 is 0. The Morgan fingerprint density at radius 2 is 1.84 bits per heavy atom. The molecule has 2 aromatic rings. The molecule has 2 atom stereocenters. The second-order valence-corrected chi connectivity index (χ2v) is 8.41. The molecule has 2 amide bonds. The van der Waals surface area contributed by atoms with Gasteiger partial charge in [-0.25, -0.2) is 0 Å². The molecule has 1 saturated carbocycles. The van der Waals surface area contributed by atoms with E-state index in [1.165, 1.54) is 0 Å². The van der Waals surface area contributed by atoms with Gasteiger partial charge in [-0.1, -0.05) is 36.4 Å². The maximum absolute atomic E-state index is 13.0. The highest BCUT2D eigenvalue weighted by molar-refractivity contribution is 5.89. The van der Waals surface area contributed by atoms with Gasteiger partial charge in [-0.15, -0.1) is 0 Å². The van der Waals surface area contributed by atoms with E-state index in [0.717, 1.165) is 24.0 Å². The Bertz CT molecular complexity index is 926. The van der Waals surface area contributed by atoms with E-state index in [9.17, 15) is 9.59 Å². The van der Waals surface area contributed by atoms with E-state index < -0.39 is 0 Å². The molecule has 6 nitrogen and oxygen atoms in total. The second kappa shape index (κ2) is 9.41. The maximum atomic E-state index is 13.0. The topological polar surface area (TPSA) is 67.9 Å². The van der Waals surface area contributed by atoms with Gasteiger partial charge in [0.2, 0.25) is 11.8 Å². The Morgan fingerprint density at radius 1 is 1.10 bits per heavy atom. The Hall–Kier alpha value is -3.02. The number of carbonyl (C=O) groups is 2. The zero-order valence-corrected chi connectivity index (χ0v) is 18.2. The summed E-state index contributed by atoms with van der Waals surface area (Å²) in [5, 5.41) is 3.23. The van der Waals surface area contributed by atoms with E-state index >= 15 is 0 Å². The molecule has 4 rings (SSSR count). The van der Waals surface area contributed by atoms with E-state index in [-0.39, 0.29) is 30.2 Å². The van der Waals surface area contributed by atoms with E-state index in [1.807, 2.05) is 36.4 Å². The molecular weight excluding hydrogens is 392 g/mol. The average Bonchev–Trinajstić information content (AvgIpc) is 3.58. The molecule has 2 fully saturated rings. The third-order valence-corrected chi connectivity index (χ3v) is 6.25. The van der Waals surface area contributed by atoms with E-state index in [1.54, 1.807) is 19.1 Å². The molecule has 1 heterocycles. The third-order valence-electron chi connectivity index (χ3n) is 6.25. The number of likely N-dealkylation sites (tertiary alicyclic amines) is 1. The standard InChI is InChI=1S/C25H30N2O4/c1-30-21-11-8-17(14-22(21)31-2)12-13-27-16-20(15-23(27)28)25(29)26-24(19-9-10-19)18-6-4-3-5-7-18/h3-8,11,14,19-20,24H,9-10,12-13,15-16H2,1-2H3,(H,26,29). The Morgan fingerprint density at radius 3 is 2.52 bits per heavy atom. The van der Waals surface area contributed by atoms with Crippen molar-refractivity contribution in [2.24, 2.45) is 11.8 Å². The van der Waals surface area contributed by atoms with Gasteiger partial charge in [-0.3, -0.25) is 9.59 Å². The number of carbonyl (C=O) groups excluding carboxylic acids is 2. The highest BCUT2D eigenvalue weighted by Crippen LogP contribution is 2.41. The molecule has 0 spiro atoms. The summed E-state index contributed by atoms with van der Waals surface area (Å²) in [6, 6.07) is 16.0. The highest BCUT2D eigenvalue weighted by atomic mass is 16.5. The van der Waals surface area contributed by atoms with Crippen molar-refractivity contribution in [1.82, 2.24) is 10.2 Å². The smallest absolute Gasteiger partial charge is 0.225 e. The molecule has 0 radical (unpaired) electrons. The molecule has 2 unspecified atom stereocenters. The molecule has 1 saturated heterocycles. The van der Waals surface area contributed by atoms with Crippen LogP contribution in [0.25, 0.3) is 0 Å². The van der Waals surface area contributed by atoms with Crippen molar-refractivity contribution >= 4 is 11.8 Å². The number of nitrogens with one attached hydrogen (secondary N) is 1. The molecule has 2 aliphatic rings. The number of rotatable bonds is 9. The van der Waals surface area contributed by atoms with Crippen LogP contribution in [0.1, 0.15) is 36.4 Å². The Balaban J connectivity index is 1.34. The first-order chi connectivity index (χ1) is 15.1. The minimum Gasteiger partial charge on any atom is -0.493 e. The number of benzene rings is 2. The zero-order valence-electron chi connectivity index (χ0n) is 18.2. The predicted molar refractivity (Wildman–Crippen MR) is 118 cm³/mol. The molecule has 1 aliphatic carbocycles. The molecule has 0 aromatic heterocycles. The van der Waals surface area contributed by atoms with Crippen LogP contribution in [0.5, 0.6) is 11.5 Å². The van der Waals surface area contributed by atoms with E-state index in [4.69, 9.17) is 9.47 Å². The third kappa shape index (κ3) is 5.01. The van der Waals surface area contributed by atoms with Gasteiger partial charge in [-0.2, -0.15) is 0 Å². The lowest BCUT2D eigenvalue weighted by molar-refractivity contribution is -0.129. The van der Waals surface area contributed by atoms with Crippen LogP contribution in [0.4, 0.5) is 0 Å². The average molecular weight is 423 g/mol. The number of ether oxygens (including phenoxy) is 2. The largest absolute Gasteiger partial charge is 0.493 e. The van der Waals surface area contributed by atoms with Crippen molar-refractivity contribution < 1.29 is 19.1 Å². The van der Waals surface area contributed by atoms with Crippen molar-refractivity contribution in [1.29, 1.82) is 0 Å². The van der Waals surface area contributed by atoms with Crippen molar-refractivity contribution in [3.8, 4) is 11.5 Å². The van der Waals surface area contributed by atoms with Gasteiger partial charge < -0.3 is 19.7 Å². The summed E-state index contributed by atoms with van der Waals surface area (Å²) in [5.41, 5.74) is 2.21. The quantitative estimate of drug-likeness (QED) is 0.673. The fourth-order valence-electron chi connectivity index (χ4n) is 4.30. The second-order valence-electron chi connectivity index (χ2n) is 8.41. The van der Waals surface area contributed by atoms with E-state index in [2.05, 4.69) is 17.4 Å². The lowest BCUT2D eigenvalue weighted by Crippen LogP contribution is -2.36. The number of hydrogen-bond donors (Lipinski definition) is 1. The van der Waals surface area contributed by atoms with Crippen molar-refractivity contribution in [3.05, 3.63) is 59.7 Å². The Labute approximate surface area is 183 Å². The number of hydrogen-bond acceptors (Lipinski definition) is 4. The first-order valence-corrected chi connectivity index (χ1v) is 10.9. The molecule has 1 aliphatic heterocycles. The minimum absolute atomic E-state index is 0.0114. The fourth-order valence-corrected chi connectivity index (χ4v) is 4.30. The number of methoxy groups -OCH3 is 2. The SMILES string of the molecule is COc1ccc(CCN2CC(C(=O)NC(c3ccccc3)C3CC3)CC2=O)cc1OC. The van der Waals surface area contributed by atoms with Crippen LogP contribution >= 0.6 is 0 Å². The normalized spacial score (nSPS) is 19.2. The molecule has 1 N–H and O–H groups in total.